The highest BCUT2D eigenvalue weighted by atomic mass is 16.5. The van der Waals surface area contributed by atoms with E-state index in [4.69, 9.17) is 9.47 Å². The number of ether oxygens (including phenoxy) is 2. The number of hydrogen-bond donors (Lipinski definition) is 1. The van der Waals surface area contributed by atoms with Crippen LogP contribution < -0.4 is 9.47 Å². The monoisotopic (exact) mass is 327 g/mol. The van der Waals surface area contributed by atoms with Crippen molar-refractivity contribution in [2.45, 2.75) is 56.4 Å². The summed E-state index contributed by atoms with van der Waals surface area (Å²) in [7, 11) is 1.69. The second kappa shape index (κ2) is 4.77. The molecule has 2 aliphatic carbocycles. The summed E-state index contributed by atoms with van der Waals surface area (Å²) in [6, 6.07) is 5.26. The molecule has 4 heteroatoms. The van der Waals surface area contributed by atoms with Crippen LogP contribution in [0.4, 0.5) is 0 Å². The van der Waals surface area contributed by atoms with E-state index in [1.165, 1.54) is 11.1 Å². The van der Waals surface area contributed by atoms with Crippen molar-refractivity contribution in [3.05, 3.63) is 35.4 Å². The van der Waals surface area contributed by atoms with Gasteiger partial charge in [-0.3, -0.25) is 4.90 Å². The van der Waals surface area contributed by atoms with Gasteiger partial charge in [0.2, 0.25) is 0 Å². The van der Waals surface area contributed by atoms with Gasteiger partial charge < -0.3 is 14.6 Å². The minimum Gasteiger partial charge on any atom is -0.493 e. The molecule has 0 saturated carbocycles. The molecule has 2 heterocycles. The van der Waals surface area contributed by atoms with Gasteiger partial charge in [-0.15, -0.1) is 0 Å². The molecule has 4 nitrogen and oxygen atoms in total. The van der Waals surface area contributed by atoms with Gasteiger partial charge in [0.05, 0.1) is 7.11 Å². The third-order valence-electron chi connectivity index (χ3n) is 6.78. The Morgan fingerprint density at radius 2 is 2.17 bits per heavy atom. The molecule has 0 aromatic heterocycles. The lowest BCUT2D eigenvalue weighted by Gasteiger charge is -2.58. The topological polar surface area (TPSA) is 41.9 Å². The number of nitrogens with zero attached hydrogens (tertiary/aromatic N) is 1. The van der Waals surface area contributed by atoms with Crippen LogP contribution in [0, 0.1) is 5.92 Å². The van der Waals surface area contributed by atoms with Crippen molar-refractivity contribution in [3.8, 4) is 11.5 Å². The zero-order valence-electron chi connectivity index (χ0n) is 14.5. The molecule has 0 amide bonds. The summed E-state index contributed by atoms with van der Waals surface area (Å²) < 4.78 is 11.9. The highest BCUT2D eigenvalue weighted by Crippen LogP contribution is 2.62. The molecule has 1 aromatic rings. The smallest absolute Gasteiger partial charge is 0.165 e. The molecule has 1 aromatic carbocycles. The van der Waals surface area contributed by atoms with Gasteiger partial charge in [0, 0.05) is 29.0 Å². The molecular weight excluding hydrogens is 302 g/mol. The Balaban J connectivity index is 1.76. The van der Waals surface area contributed by atoms with E-state index >= 15 is 0 Å². The highest BCUT2D eigenvalue weighted by Gasteiger charge is 2.64. The number of piperidine rings is 1. The first-order valence-electron chi connectivity index (χ1n) is 9.07. The van der Waals surface area contributed by atoms with E-state index in [2.05, 4.69) is 30.9 Å². The second-order valence-electron chi connectivity index (χ2n) is 7.96. The molecule has 4 aliphatic rings. The Morgan fingerprint density at radius 3 is 2.92 bits per heavy atom. The van der Waals surface area contributed by atoms with Crippen LogP contribution in [0.5, 0.6) is 11.5 Å². The summed E-state index contributed by atoms with van der Waals surface area (Å²) >= 11 is 0. The zero-order chi connectivity index (χ0) is 16.6. The molecule has 2 aliphatic heterocycles. The van der Waals surface area contributed by atoms with Crippen LogP contribution >= 0.6 is 0 Å². The molecule has 24 heavy (non-hydrogen) atoms. The Labute approximate surface area is 143 Å². The first-order chi connectivity index (χ1) is 11.6. The summed E-state index contributed by atoms with van der Waals surface area (Å²) in [6.07, 6.45) is 5.57. The minimum atomic E-state index is -0.546. The Kier molecular flexibility index (Phi) is 2.94. The number of aliphatic hydroxyl groups is 1. The highest BCUT2D eigenvalue weighted by molar-refractivity contribution is 5.62. The molecule has 2 bridgehead atoms. The molecule has 5 rings (SSSR count). The maximum Gasteiger partial charge on any atom is 0.165 e. The van der Waals surface area contributed by atoms with Crippen molar-refractivity contribution < 1.29 is 14.6 Å². The Hall–Kier alpha value is -1.52. The number of benzene rings is 1. The van der Waals surface area contributed by atoms with Crippen molar-refractivity contribution in [2.75, 3.05) is 13.7 Å². The molecule has 1 saturated heterocycles. The van der Waals surface area contributed by atoms with Crippen LogP contribution in [-0.4, -0.2) is 48.0 Å². The second-order valence-corrected chi connectivity index (χ2v) is 7.96. The molecule has 1 spiro atoms. The quantitative estimate of drug-likeness (QED) is 0.846. The van der Waals surface area contributed by atoms with Crippen molar-refractivity contribution in [2.24, 2.45) is 5.92 Å². The average molecular weight is 327 g/mol. The van der Waals surface area contributed by atoms with Crippen molar-refractivity contribution in [1.29, 1.82) is 0 Å². The van der Waals surface area contributed by atoms with Gasteiger partial charge in [-0.2, -0.15) is 0 Å². The van der Waals surface area contributed by atoms with Gasteiger partial charge in [0.15, 0.2) is 11.5 Å². The van der Waals surface area contributed by atoms with Gasteiger partial charge in [0.1, 0.15) is 12.2 Å². The fourth-order valence-electron chi connectivity index (χ4n) is 5.88. The van der Waals surface area contributed by atoms with E-state index in [0.29, 0.717) is 18.0 Å². The molecule has 128 valence electrons. The van der Waals surface area contributed by atoms with Gasteiger partial charge in [-0.25, -0.2) is 0 Å². The molecule has 1 fully saturated rings. The summed E-state index contributed by atoms with van der Waals surface area (Å²) in [5.74, 6) is 2.08. The van der Waals surface area contributed by atoms with E-state index < -0.39 is 6.10 Å². The predicted molar refractivity (Wildman–Crippen MR) is 91.7 cm³/mol. The zero-order valence-corrected chi connectivity index (χ0v) is 14.5. The average Bonchev–Trinajstić information content (AvgIpc) is 2.90. The minimum absolute atomic E-state index is 0.0956. The van der Waals surface area contributed by atoms with Crippen LogP contribution in [0.1, 0.15) is 31.4 Å². The standard InChI is InChI=1S/C20H25NO3/c1-11(2)21-9-8-20-13-5-6-15(22)19(20)24-18-16(23-3)7-4-12(17(18)20)10-14(13)21/h4-7,11,13-15,19,22H,8-10H2,1-3H3. The Morgan fingerprint density at radius 1 is 1.33 bits per heavy atom. The number of methoxy groups -OCH3 is 1. The van der Waals surface area contributed by atoms with Gasteiger partial charge in [-0.05, 0) is 44.9 Å². The lowest BCUT2D eigenvalue weighted by atomic mass is 9.53. The van der Waals surface area contributed by atoms with E-state index in [0.717, 1.165) is 30.9 Å². The van der Waals surface area contributed by atoms with Gasteiger partial charge in [0.25, 0.3) is 0 Å². The van der Waals surface area contributed by atoms with E-state index in [1.54, 1.807) is 7.11 Å². The molecular formula is C20H25NO3. The summed E-state index contributed by atoms with van der Waals surface area (Å²) in [4.78, 5) is 2.64. The Bertz CT molecular complexity index is 728. The lowest BCUT2D eigenvalue weighted by Crippen LogP contribution is -2.66. The normalized spacial score (nSPS) is 38.9. The molecule has 0 radical (unpaired) electrons. The third-order valence-corrected chi connectivity index (χ3v) is 6.78. The SMILES string of the molecule is COc1ccc2c3c1OC1C(O)C=CC4C(C2)N(C(C)C)CCC341. The van der Waals surface area contributed by atoms with Crippen molar-refractivity contribution >= 4 is 0 Å². The fourth-order valence-corrected chi connectivity index (χ4v) is 5.88. The van der Waals surface area contributed by atoms with Gasteiger partial charge in [-0.1, -0.05) is 18.2 Å². The first-order valence-corrected chi connectivity index (χ1v) is 9.07. The number of likely N-dealkylation sites (tertiary alicyclic amines) is 1. The predicted octanol–water partition coefficient (Wildman–Crippen LogP) is 2.28. The summed E-state index contributed by atoms with van der Waals surface area (Å²) in [5.41, 5.74) is 2.60. The number of rotatable bonds is 2. The maximum atomic E-state index is 10.7. The van der Waals surface area contributed by atoms with E-state index in [9.17, 15) is 5.11 Å². The fraction of sp³-hybridized carbons (Fsp3) is 0.600. The van der Waals surface area contributed by atoms with Crippen molar-refractivity contribution in [1.82, 2.24) is 4.90 Å². The van der Waals surface area contributed by atoms with Crippen LogP contribution in [-0.2, 0) is 11.8 Å². The molecule has 5 unspecified atom stereocenters. The summed E-state index contributed by atoms with van der Waals surface area (Å²) in [5, 5.41) is 10.7. The lowest BCUT2D eigenvalue weighted by molar-refractivity contribution is -0.0591. The first kappa shape index (κ1) is 14.8. The van der Waals surface area contributed by atoms with E-state index in [-0.39, 0.29) is 11.5 Å². The number of hydrogen-bond acceptors (Lipinski definition) is 4. The van der Waals surface area contributed by atoms with Crippen LogP contribution in [0.2, 0.25) is 0 Å². The number of aliphatic hydroxyl groups excluding tert-OH is 1. The third kappa shape index (κ3) is 1.56. The van der Waals surface area contributed by atoms with Crippen LogP contribution in [0.25, 0.3) is 0 Å². The molecule has 5 atom stereocenters. The van der Waals surface area contributed by atoms with E-state index in [1.807, 2.05) is 12.1 Å². The largest absolute Gasteiger partial charge is 0.493 e. The molecule has 1 N–H and O–H groups in total. The maximum absolute atomic E-state index is 10.7. The van der Waals surface area contributed by atoms with Crippen LogP contribution in [0.15, 0.2) is 24.3 Å². The van der Waals surface area contributed by atoms with Crippen LogP contribution in [0.3, 0.4) is 0 Å². The summed E-state index contributed by atoms with van der Waals surface area (Å²) in [6.45, 7) is 5.64. The van der Waals surface area contributed by atoms with Crippen molar-refractivity contribution in [3.63, 3.8) is 0 Å². The van der Waals surface area contributed by atoms with Gasteiger partial charge >= 0.3 is 0 Å².